The number of ether oxygens (including phenoxy) is 1. The van der Waals surface area contributed by atoms with E-state index in [-0.39, 0.29) is 11.4 Å². The Balaban J connectivity index is 1.92. The Kier molecular flexibility index (Phi) is 4.32. The summed E-state index contributed by atoms with van der Waals surface area (Å²) in [5.74, 6) is 0.0509. The van der Waals surface area contributed by atoms with Crippen LogP contribution in [-0.4, -0.2) is 36.0 Å². The van der Waals surface area contributed by atoms with Crippen LogP contribution in [0, 0.1) is 5.82 Å². The zero-order valence-corrected chi connectivity index (χ0v) is 17.2. The van der Waals surface area contributed by atoms with Crippen molar-refractivity contribution in [1.29, 1.82) is 0 Å². The summed E-state index contributed by atoms with van der Waals surface area (Å²) in [4.78, 5) is 21.4. The third-order valence-electron chi connectivity index (χ3n) is 5.46. The van der Waals surface area contributed by atoms with Crippen LogP contribution >= 0.6 is 0 Å². The van der Waals surface area contributed by atoms with Gasteiger partial charge in [0, 0.05) is 48.6 Å². The minimum atomic E-state index is -0.583. The fourth-order valence-corrected chi connectivity index (χ4v) is 3.87. The van der Waals surface area contributed by atoms with Crippen LogP contribution in [0.3, 0.4) is 0 Å². The molecule has 31 heavy (non-hydrogen) atoms. The van der Waals surface area contributed by atoms with E-state index in [1.54, 1.807) is 26.6 Å². The number of hydrogen-bond acceptors (Lipinski definition) is 5. The highest BCUT2D eigenvalue weighted by Gasteiger charge is 2.20. The largest absolute Gasteiger partial charge is 0.496 e. The molecule has 8 nitrogen and oxygen atoms in total. The van der Waals surface area contributed by atoms with Crippen molar-refractivity contribution >= 4 is 21.9 Å². The molecule has 0 bridgehead atoms. The van der Waals surface area contributed by atoms with Gasteiger partial charge in [0.15, 0.2) is 5.82 Å². The van der Waals surface area contributed by atoms with Crippen LogP contribution in [0.5, 0.6) is 5.75 Å². The van der Waals surface area contributed by atoms with Crippen molar-refractivity contribution in [1.82, 2.24) is 28.9 Å². The number of nitrogens with zero attached hydrogens (tertiary/aromatic N) is 6. The summed E-state index contributed by atoms with van der Waals surface area (Å²) in [7, 11) is 3.24. The molecule has 4 aromatic heterocycles. The Hall–Kier alpha value is -4.01. The summed E-state index contributed by atoms with van der Waals surface area (Å²) in [6, 6.07) is 5.21. The number of pyridine rings is 2. The zero-order chi connectivity index (χ0) is 21.7. The maximum atomic E-state index is 14.6. The van der Waals surface area contributed by atoms with Crippen molar-refractivity contribution in [3.05, 3.63) is 65.5 Å². The number of halogens is 1. The maximum absolute atomic E-state index is 14.6. The average molecular weight is 418 g/mol. The van der Waals surface area contributed by atoms with Crippen molar-refractivity contribution in [2.45, 2.75) is 13.5 Å². The molecule has 5 aromatic rings. The Labute approximate surface area is 176 Å². The minimum Gasteiger partial charge on any atom is -0.496 e. The van der Waals surface area contributed by atoms with Crippen LogP contribution in [0.2, 0.25) is 0 Å². The van der Waals surface area contributed by atoms with Gasteiger partial charge in [-0.1, -0.05) is 0 Å². The van der Waals surface area contributed by atoms with E-state index in [2.05, 4.69) is 15.1 Å². The predicted octanol–water partition coefficient (Wildman–Crippen LogP) is 3.30. The molecule has 0 atom stereocenters. The highest BCUT2D eigenvalue weighted by Crippen LogP contribution is 2.36. The standard InChI is InChI=1S/C22H19FN6O2/c1-4-28-12-13(9-26-28)14-7-15-17(8-20(14)31-3)25-11-19-21(15)29(22(30)27(19)2)18-5-6-24-10-16(18)23/h5-12H,4H2,1-3H3. The van der Waals surface area contributed by atoms with Crippen LogP contribution < -0.4 is 10.4 Å². The van der Waals surface area contributed by atoms with Crippen LogP contribution in [0.1, 0.15) is 6.92 Å². The Bertz CT molecular complexity index is 1510. The second-order valence-electron chi connectivity index (χ2n) is 7.15. The van der Waals surface area contributed by atoms with E-state index in [0.717, 1.165) is 23.9 Å². The van der Waals surface area contributed by atoms with Gasteiger partial charge in [-0.25, -0.2) is 9.18 Å². The van der Waals surface area contributed by atoms with Crippen molar-refractivity contribution in [3.63, 3.8) is 0 Å². The molecular weight excluding hydrogens is 399 g/mol. The van der Waals surface area contributed by atoms with Crippen molar-refractivity contribution < 1.29 is 9.13 Å². The van der Waals surface area contributed by atoms with Gasteiger partial charge in [0.1, 0.15) is 5.75 Å². The Morgan fingerprint density at radius 2 is 2.03 bits per heavy atom. The smallest absolute Gasteiger partial charge is 0.333 e. The highest BCUT2D eigenvalue weighted by atomic mass is 19.1. The van der Waals surface area contributed by atoms with Crippen LogP contribution in [-0.2, 0) is 13.6 Å². The first-order valence-corrected chi connectivity index (χ1v) is 9.74. The molecule has 0 aliphatic carbocycles. The van der Waals surface area contributed by atoms with Crippen molar-refractivity contribution in [2.75, 3.05) is 7.11 Å². The van der Waals surface area contributed by atoms with E-state index >= 15 is 0 Å². The van der Waals surface area contributed by atoms with Crippen molar-refractivity contribution in [2.24, 2.45) is 7.05 Å². The van der Waals surface area contributed by atoms with Crippen LogP contribution in [0.4, 0.5) is 4.39 Å². The fourth-order valence-electron chi connectivity index (χ4n) is 3.87. The van der Waals surface area contributed by atoms with Gasteiger partial charge in [-0.15, -0.1) is 0 Å². The predicted molar refractivity (Wildman–Crippen MR) is 115 cm³/mol. The number of aryl methyl sites for hydroxylation is 2. The third kappa shape index (κ3) is 2.81. The molecule has 0 radical (unpaired) electrons. The molecule has 9 heteroatoms. The number of aromatic nitrogens is 6. The number of benzene rings is 1. The van der Waals surface area contributed by atoms with E-state index in [1.807, 2.05) is 29.9 Å². The number of hydrogen-bond donors (Lipinski definition) is 0. The lowest BCUT2D eigenvalue weighted by Crippen LogP contribution is -2.21. The van der Waals surface area contributed by atoms with Crippen LogP contribution in [0.15, 0.2) is 54.0 Å². The zero-order valence-electron chi connectivity index (χ0n) is 17.2. The molecule has 0 aliphatic heterocycles. The number of rotatable bonds is 4. The van der Waals surface area contributed by atoms with Gasteiger partial charge in [0.05, 0.1) is 47.9 Å². The number of fused-ring (bicyclic) bond motifs is 3. The number of imidazole rings is 1. The summed E-state index contributed by atoms with van der Waals surface area (Å²) < 4.78 is 24.9. The summed E-state index contributed by atoms with van der Waals surface area (Å²) in [6.07, 6.45) is 7.86. The molecule has 0 fully saturated rings. The summed E-state index contributed by atoms with van der Waals surface area (Å²) in [5, 5.41) is 5.05. The van der Waals surface area contributed by atoms with E-state index < -0.39 is 5.82 Å². The van der Waals surface area contributed by atoms with Crippen LogP contribution in [0.25, 0.3) is 38.8 Å². The maximum Gasteiger partial charge on any atom is 0.333 e. The molecule has 1 aromatic carbocycles. The molecule has 156 valence electrons. The quantitative estimate of drug-likeness (QED) is 0.447. The van der Waals surface area contributed by atoms with E-state index in [9.17, 15) is 9.18 Å². The SMILES string of the molecule is CCn1cc(-c2cc3c(cc2OC)ncc2c3n(-c3ccncc3F)c(=O)n2C)cn1. The summed E-state index contributed by atoms with van der Waals surface area (Å²) >= 11 is 0. The van der Waals surface area contributed by atoms with Gasteiger partial charge in [-0.2, -0.15) is 5.10 Å². The van der Waals surface area contributed by atoms with Gasteiger partial charge in [-0.05, 0) is 19.1 Å². The number of methoxy groups -OCH3 is 1. The minimum absolute atomic E-state index is 0.134. The molecule has 5 rings (SSSR count). The molecule has 0 aliphatic rings. The molecular formula is C22H19FN6O2. The normalized spacial score (nSPS) is 11.5. The lowest BCUT2D eigenvalue weighted by Gasteiger charge is -2.11. The molecule has 0 saturated carbocycles. The molecule has 0 unspecified atom stereocenters. The molecule has 0 N–H and O–H groups in total. The van der Waals surface area contributed by atoms with Gasteiger partial charge in [-0.3, -0.25) is 23.8 Å². The monoisotopic (exact) mass is 418 g/mol. The molecule has 0 amide bonds. The second-order valence-corrected chi connectivity index (χ2v) is 7.15. The first-order chi connectivity index (χ1) is 15.0. The Morgan fingerprint density at radius 1 is 1.19 bits per heavy atom. The first kappa shape index (κ1) is 19.0. The van der Waals surface area contributed by atoms with Gasteiger partial charge < -0.3 is 4.74 Å². The first-order valence-electron chi connectivity index (χ1n) is 9.74. The second kappa shape index (κ2) is 7.05. The summed E-state index contributed by atoms with van der Waals surface area (Å²) in [6.45, 7) is 2.75. The van der Waals surface area contributed by atoms with E-state index in [1.165, 1.54) is 21.4 Å². The highest BCUT2D eigenvalue weighted by molar-refractivity contribution is 6.05. The molecule has 0 spiro atoms. The lowest BCUT2D eigenvalue weighted by atomic mass is 10.0. The van der Waals surface area contributed by atoms with E-state index in [4.69, 9.17) is 4.74 Å². The van der Waals surface area contributed by atoms with Gasteiger partial charge in [0.2, 0.25) is 0 Å². The Morgan fingerprint density at radius 3 is 2.74 bits per heavy atom. The topological polar surface area (TPSA) is 79.8 Å². The van der Waals surface area contributed by atoms with Gasteiger partial charge >= 0.3 is 5.69 Å². The fraction of sp³-hybridized carbons (Fsp3) is 0.182. The molecule has 0 saturated heterocycles. The summed E-state index contributed by atoms with van der Waals surface area (Å²) in [5.41, 5.74) is 3.23. The molecule has 4 heterocycles. The van der Waals surface area contributed by atoms with Crippen molar-refractivity contribution in [3.8, 4) is 22.6 Å². The lowest BCUT2D eigenvalue weighted by molar-refractivity contribution is 0.417. The third-order valence-corrected chi connectivity index (χ3v) is 5.46. The average Bonchev–Trinajstić information content (AvgIpc) is 3.37. The van der Waals surface area contributed by atoms with E-state index in [0.29, 0.717) is 27.7 Å². The van der Waals surface area contributed by atoms with Gasteiger partial charge in [0.25, 0.3) is 0 Å².